The van der Waals surface area contributed by atoms with E-state index in [2.05, 4.69) is 26.4 Å². The van der Waals surface area contributed by atoms with Crippen LogP contribution >= 0.6 is 0 Å². The molecule has 4 aromatic rings. The van der Waals surface area contributed by atoms with Gasteiger partial charge in [0.05, 0.1) is 5.52 Å². The molecule has 0 bridgehead atoms. The van der Waals surface area contributed by atoms with Crippen LogP contribution in [0.25, 0.3) is 10.9 Å². The minimum atomic E-state index is -0.626. The molecular formula is C22H23N7O3. The van der Waals surface area contributed by atoms with Gasteiger partial charge >= 0.3 is 0 Å². The number of benzene rings is 2. The summed E-state index contributed by atoms with van der Waals surface area (Å²) >= 11 is 0. The van der Waals surface area contributed by atoms with Crippen LogP contribution < -0.4 is 20.4 Å². The van der Waals surface area contributed by atoms with Gasteiger partial charge in [-0.2, -0.15) is 10.1 Å². The molecule has 2 aromatic carbocycles. The van der Waals surface area contributed by atoms with E-state index in [1.807, 2.05) is 48.8 Å². The zero-order valence-corrected chi connectivity index (χ0v) is 17.9. The predicted molar refractivity (Wildman–Crippen MR) is 121 cm³/mol. The second-order valence-electron chi connectivity index (χ2n) is 7.18. The molecule has 0 aliphatic carbocycles. The largest absolute Gasteiger partial charge is 0.484 e. The highest BCUT2D eigenvalue weighted by molar-refractivity contribution is 5.85. The van der Waals surface area contributed by atoms with Crippen molar-refractivity contribution in [1.82, 2.24) is 25.2 Å². The van der Waals surface area contributed by atoms with Crippen molar-refractivity contribution >= 4 is 40.0 Å². The Morgan fingerprint density at radius 2 is 1.97 bits per heavy atom. The van der Waals surface area contributed by atoms with E-state index in [9.17, 15) is 4.79 Å². The molecule has 0 atom stereocenters. The standard InChI is InChI=1S/C22H23N7O3/c1-14-18-9-6-16(12-19(18)26-29(14)3)28(2)20-10-11-23-22(25-20)24-15-4-7-17(8-5-15)32-13-21(30)27-31/h4-12,31H,13H2,1-3H3,(H,27,30)(H,23,24,25). The van der Waals surface area contributed by atoms with Crippen LogP contribution in [0, 0.1) is 6.92 Å². The van der Waals surface area contributed by atoms with E-state index < -0.39 is 5.91 Å². The number of amides is 1. The maximum Gasteiger partial charge on any atom is 0.281 e. The summed E-state index contributed by atoms with van der Waals surface area (Å²) in [7, 11) is 3.88. The molecule has 0 radical (unpaired) electrons. The number of nitrogens with one attached hydrogen (secondary N) is 2. The van der Waals surface area contributed by atoms with Crippen molar-refractivity contribution in [3.8, 4) is 5.75 Å². The van der Waals surface area contributed by atoms with Gasteiger partial charge in [-0.15, -0.1) is 0 Å². The van der Waals surface area contributed by atoms with Crippen molar-refractivity contribution in [1.29, 1.82) is 0 Å². The molecule has 0 fully saturated rings. The molecule has 0 aliphatic heterocycles. The van der Waals surface area contributed by atoms with E-state index in [0.29, 0.717) is 11.7 Å². The zero-order chi connectivity index (χ0) is 22.7. The topological polar surface area (TPSA) is 117 Å². The number of hydrogen-bond acceptors (Lipinski definition) is 8. The second kappa shape index (κ2) is 8.90. The second-order valence-corrected chi connectivity index (χ2v) is 7.18. The van der Waals surface area contributed by atoms with Gasteiger partial charge in [0.15, 0.2) is 6.61 Å². The van der Waals surface area contributed by atoms with Crippen molar-refractivity contribution in [2.45, 2.75) is 6.92 Å². The molecule has 0 aliphatic rings. The number of fused-ring (bicyclic) bond motifs is 1. The number of nitrogens with zero attached hydrogens (tertiary/aromatic N) is 5. The van der Waals surface area contributed by atoms with Crippen LogP contribution in [0.3, 0.4) is 0 Å². The van der Waals surface area contributed by atoms with E-state index in [0.717, 1.165) is 33.8 Å². The molecule has 3 N–H and O–H groups in total. The van der Waals surface area contributed by atoms with E-state index in [1.54, 1.807) is 30.5 Å². The van der Waals surface area contributed by atoms with Gasteiger partial charge in [-0.3, -0.25) is 14.7 Å². The lowest BCUT2D eigenvalue weighted by Gasteiger charge is -2.19. The van der Waals surface area contributed by atoms with Crippen molar-refractivity contribution in [3.63, 3.8) is 0 Å². The van der Waals surface area contributed by atoms with E-state index in [4.69, 9.17) is 9.94 Å². The lowest BCUT2D eigenvalue weighted by Crippen LogP contribution is -2.25. The summed E-state index contributed by atoms with van der Waals surface area (Å²) in [5.74, 6) is 1.04. The number of hydrogen-bond donors (Lipinski definition) is 3. The monoisotopic (exact) mass is 433 g/mol. The van der Waals surface area contributed by atoms with Crippen LogP contribution in [0.15, 0.2) is 54.7 Å². The Kier molecular flexibility index (Phi) is 5.86. The third-order valence-electron chi connectivity index (χ3n) is 5.09. The summed E-state index contributed by atoms with van der Waals surface area (Å²) in [5, 5.41) is 17.3. The van der Waals surface area contributed by atoms with E-state index in [1.165, 1.54) is 5.48 Å². The molecule has 0 unspecified atom stereocenters. The molecule has 0 saturated carbocycles. The van der Waals surface area contributed by atoms with Gasteiger partial charge in [0.1, 0.15) is 11.6 Å². The fraction of sp³-hybridized carbons (Fsp3) is 0.182. The first kappa shape index (κ1) is 21.1. The molecule has 0 saturated heterocycles. The third-order valence-corrected chi connectivity index (χ3v) is 5.09. The number of hydroxylamine groups is 1. The molecule has 32 heavy (non-hydrogen) atoms. The Hall–Kier alpha value is -4.18. The Morgan fingerprint density at radius 3 is 2.72 bits per heavy atom. The minimum absolute atomic E-state index is 0.273. The quantitative estimate of drug-likeness (QED) is 0.301. The van der Waals surface area contributed by atoms with Gasteiger partial charge < -0.3 is 15.0 Å². The number of carbonyl (C=O) groups excluding carboxylic acids is 1. The van der Waals surface area contributed by atoms with Gasteiger partial charge in [-0.1, -0.05) is 0 Å². The van der Waals surface area contributed by atoms with E-state index >= 15 is 0 Å². The maximum atomic E-state index is 11.0. The predicted octanol–water partition coefficient (Wildman–Crippen LogP) is 3.07. The van der Waals surface area contributed by atoms with Crippen LogP contribution in [-0.4, -0.2) is 44.5 Å². The normalized spacial score (nSPS) is 10.8. The summed E-state index contributed by atoms with van der Waals surface area (Å²) in [6.45, 7) is 1.77. The average molecular weight is 433 g/mol. The molecule has 1 amide bonds. The molecule has 2 aromatic heterocycles. The van der Waals surface area contributed by atoms with Crippen LogP contribution in [0.2, 0.25) is 0 Å². The summed E-state index contributed by atoms with van der Waals surface area (Å²) in [5.41, 5.74) is 5.29. The highest BCUT2D eigenvalue weighted by Crippen LogP contribution is 2.27. The smallest absolute Gasteiger partial charge is 0.281 e. The van der Waals surface area contributed by atoms with Gasteiger partial charge in [0, 0.05) is 42.7 Å². The van der Waals surface area contributed by atoms with Crippen LogP contribution in [-0.2, 0) is 11.8 Å². The average Bonchev–Trinajstić information content (AvgIpc) is 3.10. The zero-order valence-electron chi connectivity index (χ0n) is 17.9. The summed E-state index contributed by atoms with van der Waals surface area (Å²) in [6, 6.07) is 14.9. The minimum Gasteiger partial charge on any atom is -0.484 e. The Bertz CT molecular complexity index is 1250. The Labute approximate surface area is 184 Å². The molecule has 0 spiro atoms. The number of carbonyl (C=O) groups is 1. The van der Waals surface area contributed by atoms with Crippen LogP contribution in [0.5, 0.6) is 5.75 Å². The molecule has 4 rings (SSSR count). The van der Waals surface area contributed by atoms with Crippen molar-refractivity contribution < 1.29 is 14.7 Å². The summed E-state index contributed by atoms with van der Waals surface area (Å²) in [6.07, 6.45) is 1.69. The van der Waals surface area contributed by atoms with Crippen molar-refractivity contribution in [2.75, 3.05) is 23.9 Å². The Balaban J connectivity index is 1.48. The van der Waals surface area contributed by atoms with E-state index in [-0.39, 0.29) is 6.61 Å². The number of anilines is 4. The summed E-state index contributed by atoms with van der Waals surface area (Å²) < 4.78 is 7.13. The molecule has 164 valence electrons. The molecule has 10 nitrogen and oxygen atoms in total. The highest BCUT2D eigenvalue weighted by atomic mass is 16.5. The Morgan fingerprint density at radius 1 is 1.19 bits per heavy atom. The van der Waals surface area contributed by atoms with Crippen molar-refractivity contribution in [2.24, 2.45) is 7.05 Å². The lowest BCUT2D eigenvalue weighted by atomic mass is 10.2. The summed E-state index contributed by atoms with van der Waals surface area (Å²) in [4.78, 5) is 21.9. The van der Waals surface area contributed by atoms with Gasteiger partial charge in [-0.05, 0) is 55.5 Å². The van der Waals surface area contributed by atoms with Crippen LogP contribution in [0.1, 0.15) is 5.69 Å². The lowest BCUT2D eigenvalue weighted by molar-refractivity contribution is -0.131. The molecular weight excluding hydrogens is 410 g/mol. The highest BCUT2D eigenvalue weighted by Gasteiger charge is 2.11. The fourth-order valence-corrected chi connectivity index (χ4v) is 3.20. The number of ether oxygens (including phenoxy) is 1. The number of aryl methyl sites for hydroxylation is 2. The third kappa shape index (κ3) is 4.44. The first-order chi connectivity index (χ1) is 15.4. The maximum absolute atomic E-state index is 11.0. The van der Waals surface area contributed by atoms with Crippen LogP contribution in [0.4, 0.5) is 23.1 Å². The number of aromatic nitrogens is 4. The SMILES string of the molecule is Cc1c2ccc(N(C)c3ccnc(Nc4ccc(OCC(=O)NO)cc4)n3)cc2nn1C. The molecule has 2 heterocycles. The first-order valence-electron chi connectivity index (χ1n) is 9.87. The van der Waals surface area contributed by atoms with Crippen molar-refractivity contribution in [3.05, 3.63) is 60.4 Å². The molecule has 10 heteroatoms. The first-order valence-corrected chi connectivity index (χ1v) is 9.87. The van der Waals surface area contributed by atoms with Gasteiger partial charge in [0.25, 0.3) is 5.91 Å². The van der Waals surface area contributed by atoms with Gasteiger partial charge in [0.2, 0.25) is 5.95 Å². The number of rotatable bonds is 7. The van der Waals surface area contributed by atoms with Gasteiger partial charge in [-0.25, -0.2) is 10.5 Å². The fourth-order valence-electron chi connectivity index (χ4n) is 3.20.